The Bertz CT molecular complexity index is 523. The van der Waals surface area contributed by atoms with Crippen LogP contribution in [0.4, 0.5) is 0 Å². The molecule has 0 amide bonds. The van der Waals surface area contributed by atoms with Crippen molar-refractivity contribution >= 4 is 11.6 Å². The monoisotopic (exact) mass is 248 g/mol. The van der Waals surface area contributed by atoms with Gasteiger partial charge < -0.3 is 9.47 Å². The van der Waals surface area contributed by atoms with Crippen LogP contribution in [0.15, 0.2) is 42.5 Å². The van der Waals surface area contributed by atoms with Crippen molar-refractivity contribution in [1.82, 2.24) is 0 Å². The molecule has 0 unspecified atom stereocenters. The van der Waals surface area contributed by atoms with Gasteiger partial charge in [-0.05, 0) is 42.8 Å². The fraction of sp³-hybridized carbons (Fsp3) is 0.143. The van der Waals surface area contributed by atoms with Crippen LogP contribution < -0.4 is 9.47 Å². The second-order valence-electron chi connectivity index (χ2n) is 3.66. The molecule has 2 nitrogen and oxygen atoms in total. The van der Waals surface area contributed by atoms with E-state index >= 15 is 0 Å². The number of halogens is 1. The van der Waals surface area contributed by atoms with Gasteiger partial charge in [-0.15, -0.1) is 0 Å². The summed E-state index contributed by atoms with van der Waals surface area (Å²) in [7, 11) is 1.62. The number of hydrogen-bond donors (Lipinski definition) is 0. The van der Waals surface area contributed by atoms with E-state index in [0.717, 1.165) is 16.3 Å². The Morgan fingerprint density at radius 1 is 1.00 bits per heavy atom. The van der Waals surface area contributed by atoms with Crippen LogP contribution in [0.1, 0.15) is 5.56 Å². The fourth-order valence-electron chi connectivity index (χ4n) is 1.51. The van der Waals surface area contributed by atoms with Crippen molar-refractivity contribution in [3.8, 4) is 17.2 Å². The minimum atomic E-state index is 0.691. The van der Waals surface area contributed by atoms with Gasteiger partial charge >= 0.3 is 0 Å². The molecule has 0 heterocycles. The highest BCUT2D eigenvalue weighted by Crippen LogP contribution is 2.32. The molecule has 3 heteroatoms. The van der Waals surface area contributed by atoms with Gasteiger partial charge in [0, 0.05) is 5.02 Å². The van der Waals surface area contributed by atoms with Gasteiger partial charge in [-0.2, -0.15) is 0 Å². The van der Waals surface area contributed by atoms with Crippen LogP contribution >= 0.6 is 11.6 Å². The quantitative estimate of drug-likeness (QED) is 0.799. The van der Waals surface area contributed by atoms with Crippen LogP contribution in [0.2, 0.25) is 5.02 Å². The van der Waals surface area contributed by atoms with Gasteiger partial charge in [0.25, 0.3) is 0 Å². The van der Waals surface area contributed by atoms with Crippen LogP contribution in [-0.4, -0.2) is 7.11 Å². The van der Waals surface area contributed by atoms with E-state index in [2.05, 4.69) is 0 Å². The van der Waals surface area contributed by atoms with Crippen molar-refractivity contribution in [2.75, 3.05) is 7.11 Å². The minimum absolute atomic E-state index is 0.691. The largest absolute Gasteiger partial charge is 0.493 e. The van der Waals surface area contributed by atoms with Crippen molar-refractivity contribution in [3.05, 3.63) is 53.1 Å². The lowest BCUT2D eigenvalue weighted by Gasteiger charge is -2.10. The molecule has 2 aromatic rings. The maximum absolute atomic E-state index is 5.96. The van der Waals surface area contributed by atoms with E-state index < -0.39 is 0 Å². The zero-order valence-corrected chi connectivity index (χ0v) is 10.5. The standard InChI is InChI=1S/C14H13ClO2/c1-10-9-11(7-8-12(10)15)17-14-6-4-3-5-13(14)16-2/h3-9H,1-2H3. The highest BCUT2D eigenvalue weighted by atomic mass is 35.5. The first-order valence-corrected chi connectivity index (χ1v) is 5.65. The Morgan fingerprint density at radius 3 is 2.35 bits per heavy atom. The third-order valence-electron chi connectivity index (χ3n) is 2.43. The second kappa shape index (κ2) is 5.11. The summed E-state index contributed by atoms with van der Waals surface area (Å²) in [5.74, 6) is 2.15. The zero-order valence-electron chi connectivity index (χ0n) is 9.74. The predicted molar refractivity (Wildman–Crippen MR) is 69.3 cm³/mol. The van der Waals surface area contributed by atoms with Gasteiger partial charge in [0.2, 0.25) is 0 Å². The molecule has 0 spiro atoms. The molecule has 88 valence electrons. The van der Waals surface area contributed by atoms with E-state index in [9.17, 15) is 0 Å². The summed E-state index contributed by atoms with van der Waals surface area (Å²) in [6.07, 6.45) is 0. The molecule has 0 radical (unpaired) electrons. The molecular formula is C14H13ClO2. The normalized spacial score (nSPS) is 10.1. The van der Waals surface area contributed by atoms with Crippen LogP contribution in [0, 0.1) is 6.92 Å². The molecule has 0 saturated carbocycles. The number of hydrogen-bond acceptors (Lipinski definition) is 2. The Hall–Kier alpha value is -1.67. The topological polar surface area (TPSA) is 18.5 Å². The molecule has 2 rings (SSSR count). The van der Waals surface area contributed by atoms with Crippen molar-refractivity contribution in [2.24, 2.45) is 0 Å². The van der Waals surface area contributed by atoms with Crippen LogP contribution in [0.25, 0.3) is 0 Å². The molecule has 0 aliphatic heterocycles. The Labute approximate surface area is 106 Å². The van der Waals surface area contributed by atoms with E-state index in [4.69, 9.17) is 21.1 Å². The number of aryl methyl sites for hydroxylation is 1. The fourth-order valence-corrected chi connectivity index (χ4v) is 1.63. The Kier molecular flexibility index (Phi) is 3.55. The summed E-state index contributed by atoms with van der Waals surface area (Å²) in [6, 6.07) is 13.1. The molecule has 2 aromatic carbocycles. The second-order valence-corrected chi connectivity index (χ2v) is 4.07. The van der Waals surface area contributed by atoms with Gasteiger partial charge in [0.15, 0.2) is 11.5 Å². The summed E-state index contributed by atoms with van der Waals surface area (Å²) < 4.78 is 11.0. The maximum Gasteiger partial charge on any atom is 0.169 e. The molecule has 17 heavy (non-hydrogen) atoms. The van der Waals surface area contributed by atoms with Gasteiger partial charge in [-0.1, -0.05) is 23.7 Å². The Balaban J connectivity index is 2.28. The average molecular weight is 249 g/mol. The average Bonchev–Trinajstić information content (AvgIpc) is 2.34. The van der Waals surface area contributed by atoms with E-state index in [-0.39, 0.29) is 0 Å². The zero-order chi connectivity index (χ0) is 12.3. The third kappa shape index (κ3) is 2.71. The summed E-state index contributed by atoms with van der Waals surface area (Å²) in [5, 5.41) is 0.734. The van der Waals surface area contributed by atoms with Crippen LogP contribution in [0.3, 0.4) is 0 Å². The first-order valence-electron chi connectivity index (χ1n) is 5.27. The summed E-state index contributed by atoms with van der Waals surface area (Å²) in [4.78, 5) is 0. The molecule has 0 aromatic heterocycles. The smallest absolute Gasteiger partial charge is 0.169 e. The molecule has 0 saturated heterocycles. The molecule has 0 N–H and O–H groups in total. The number of methoxy groups -OCH3 is 1. The lowest BCUT2D eigenvalue weighted by atomic mass is 10.2. The van der Waals surface area contributed by atoms with Gasteiger partial charge in [0.05, 0.1) is 7.11 Å². The van der Waals surface area contributed by atoms with E-state index in [1.54, 1.807) is 7.11 Å². The van der Waals surface area contributed by atoms with Crippen molar-refractivity contribution in [2.45, 2.75) is 6.92 Å². The van der Waals surface area contributed by atoms with Crippen molar-refractivity contribution in [3.63, 3.8) is 0 Å². The van der Waals surface area contributed by atoms with Crippen LogP contribution in [0.5, 0.6) is 17.2 Å². The van der Waals surface area contributed by atoms with Crippen LogP contribution in [-0.2, 0) is 0 Å². The molecule has 0 atom stereocenters. The first-order chi connectivity index (χ1) is 8.20. The lowest BCUT2D eigenvalue weighted by molar-refractivity contribution is 0.379. The van der Waals surface area contributed by atoms with Crippen molar-refractivity contribution < 1.29 is 9.47 Å². The molecule has 0 aliphatic rings. The highest BCUT2D eigenvalue weighted by molar-refractivity contribution is 6.31. The number of ether oxygens (including phenoxy) is 2. The molecule has 0 bridgehead atoms. The summed E-state index contributed by atoms with van der Waals surface area (Å²) in [5.41, 5.74) is 0.985. The Morgan fingerprint density at radius 2 is 1.71 bits per heavy atom. The van der Waals surface area contributed by atoms with E-state index in [1.807, 2.05) is 49.4 Å². The van der Waals surface area contributed by atoms with Gasteiger partial charge in [-0.3, -0.25) is 0 Å². The SMILES string of the molecule is COc1ccccc1Oc1ccc(Cl)c(C)c1. The van der Waals surface area contributed by atoms with Gasteiger partial charge in [0.1, 0.15) is 5.75 Å². The predicted octanol–water partition coefficient (Wildman–Crippen LogP) is 4.45. The highest BCUT2D eigenvalue weighted by Gasteiger charge is 2.05. The molecule has 0 fully saturated rings. The first kappa shape index (κ1) is 11.8. The van der Waals surface area contributed by atoms with E-state index in [1.165, 1.54) is 0 Å². The summed E-state index contributed by atoms with van der Waals surface area (Å²) in [6.45, 7) is 1.94. The maximum atomic E-state index is 5.96. The number of rotatable bonds is 3. The lowest BCUT2D eigenvalue weighted by Crippen LogP contribution is -1.90. The minimum Gasteiger partial charge on any atom is -0.493 e. The summed E-state index contributed by atoms with van der Waals surface area (Å²) >= 11 is 5.96. The molecular weight excluding hydrogens is 236 g/mol. The number of benzene rings is 2. The van der Waals surface area contributed by atoms with Crippen molar-refractivity contribution in [1.29, 1.82) is 0 Å². The number of para-hydroxylation sites is 2. The van der Waals surface area contributed by atoms with Gasteiger partial charge in [-0.25, -0.2) is 0 Å². The molecule has 0 aliphatic carbocycles. The van der Waals surface area contributed by atoms with E-state index in [0.29, 0.717) is 11.5 Å². The third-order valence-corrected chi connectivity index (χ3v) is 2.85.